The van der Waals surface area contributed by atoms with Crippen molar-refractivity contribution in [1.29, 1.82) is 0 Å². The molecule has 0 spiro atoms. The Morgan fingerprint density at radius 3 is 2.71 bits per heavy atom. The summed E-state index contributed by atoms with van der Waals surface area (Å²) in [5.74, 6) is 0.408. The van der Waals surface area contributed by atoms with E-state index in [1.807, 2.05) is 4.68 Å². The van der Waals surface area contributed by atoms with Gasteiger partial charge in [0.15, 0.2) is 0 Å². The second kappa shape index (κ2) is 5.32. The van der Waals surface area contributed by atoms with Crippen molar-refractivity contribution < 1.29 is 4.74 Å². The van der Waals surface area contributed by atoms with Gasteiger partial charge in [-0.1, -0.05) is 5.21 Å². The molecule has 0 aliphatic rings. The van der Waals surface area contributed by atoms with E-state index in [-0.39, 0.29) is 0 Å². The number of rotatable bonds is 5. The highest BCUT2D eigenvalue weighted by molar-refractivity contribution is 6.16. The molecular weight excluding hydrogens is 202 g/mol. The van der Waals surface area contributed by atoms with E-state index in [2.05, 4.69) is 24.2 Å². The van der Waals surface area contributed by atoms with Gasteiger partial charge in [0.05, 0.1) is 18.2 Å². The Morgan fingerprint density at radius 2 is 2.21 bits per heavy atom. The summed E-state index contributed by atoms with van der Waals surface area (Å²) in [6.45, 7) is 4.82. The molecule has 0 aromatic carbocycles. The van der Waals surface area contributed by atoms with E-state index in [1.165, 1.54) is 0 Å². The lowest BCUT2D eigenvalue weighted by molar-refractivity contribution is 0.199. The smallest absolute Gasteiger partial charge is 0.101 e. The molecule has 0 unspecified atom stereocenters. The molecule has 1 aromatic heterocycles. The molecule has 0 bridgehead atoms. The number of hydrogen-bond acceptors (Lipinski definition) is 3. The third kappa shape index (κ3) is 2.45. The largest absolute Gasteiger partial charge is 0.384 e. The van der Waals surface area contributed by atoms with Crippen LogP contribution in [0.3, 0.4) is 0 Å². The highest BCUT2D eigenvalue weighted by Crippen LogP contribution is 2.14. The highest BCUT2D eigenvalue weighted by atomic mass is 35.5. The first-order valence-corrected chi connectivity index (χ1v) is 5.22. The van der Waals surface area contributed by atoms with Crippen LogP contribution in [-0.4, -0.2) is 28.7 Å². The van der Waals surface area contributed by atoms with E-state index in [9.17, 15) is 0 Å². The second-order valence-electron chi connectivity index (χ2n) is 3.40. The van der Waals surface area contributed by atoms with Crippen LogP contribution in [0.2, 0.25) is 0 Å². The lowest BCUT2D eigenvalue weighted by Gasteiger charge is -2.09. The highest BCUT2D eigenvalue weighted by Gasteiger charge is 2.13. The van der Waals surface area contributed by atoms with Gasteiger partial charge in [0.25, 0.3) is 0 Å². The standard InChI is InChI=1S/C9H16ClN3O/c1-7(2)13-9(4-5-14-3)8(6-10)11-12-13/h7H,4-6H2,1-3H3. The van der Waals surface area contributed by atoms with Crippen molar-refractivity contribution in [3.8, 4) is 0 Å². The number of nitrogens with zero attached hydrogens (tertiary/aromatic N) is 3. The zero-order chi connectivity index (χ0) is 10.6. The Kier molecular flexibility index (Phi) is 4.35. The van der Waals surface area contributed by atoms with Crippen LogP contribution in [0.4, 0.5) is 0 Å². The van der Waals surface area contributed by atoms with Crippen molar-refractivity contribution >= 4 is 11.6 Å². The van der Waals surface area contributed by atoms with Crippen molar-refractivity contribution in [3.05, 3.63) is 11.4 Å². The fourth-order valence-electron chi connectivity index (χ4n) is 1.32. The molecule has 1 heterocycles. The Labute approximate surface area is 89.2 Å². The van der Waals surface area contributed by atoms with Crippen molar-refractivity contribution in [1.82, 2.24) is 15.0 Å². The van der Waals surface area contributed by atoms with Gasteiger partial charge in [0.2, 0.25) is 0 Å². The average Bonchev–Trinajstić information content (AvgIpc) is 2.57. The van der Waals surface area contributed by atoms with Crippen molar-refractivity contribution in [2.75, 3.05) is 13.7 Å². The maximum Gasteiger partial charge on any atom is 0.101 e. The average molecular weight is 218 g/mol. The first kappa shape index (κ1) is 11.5. The molecule has 4 nitrogen and oxygen atoms in total. The summed E-state index contributed by atoms with van der Waals surface area (Å²) in [5, 5.41) is 8.10. The van der Waals surface area contributed by atoms with Gasteiger partial charge in [-0.3, -0.25) is 0 Å². The molecule has 0 radical (unpaired) electrons. The van der Waals surface area contributed by atoms with Crippen LogP contribution in [0.1, 0.15) is 31.3 Å². The number of halogens is 1. The molecule has 0 atom stereocenters. The Hall–Kier alpha value is -0.610. The van der Waals surface area contributed by atoms with Crippen molar-refractivity contribution in [3.63, 3.8) is 0 Å². The Balaban J connectivity index is 2.88. The first-order valence-electron chi connectivity index (χ1n) is 4.68. The number of methoxy groups -OCH3 is 1. The van der Waals surface area contributed by atoms with Gasteiger partial charge in [-0.05, 0) is 13.8 Å². The molecule has 5 heteroatoms. The summed E-state index contributed by atoms with van der Waals surface area (Å²) in [5.41, 5.74) is 1.94. The normalized spacial score (nSPS) is 11.2. The molecule has 0 aliphatic carbocycles. The van der Waals surface area contributed by atoms with E-state index in [1.54, 1.807) is 7.11 Å². The van der Waals surface area contributed by atoms with Crippen LogP contribution in [-0.2, 0) is 17.0 Å². The molecule has 0 N–H and O–H groups in total. The van der Waals surface area contributed by atoms with Gasteiger partial charge < -0.3 is 4.74 Å². The molecule has 0 saturated carbocycles. The monoisotopic (exact) mass is 217 g/mol. The molecule has 0 aliphatic heterocycles. The lowest BCUT2D eigenvalue weighted by Crippen LogP contribution is -2.10. The minimum absolute atomic E-state index is 0.311. The van der Waals surface area contributed by atoms with E-state index in [4.69, 9.17) is 16.3 Å². The SMILES string of the molecule is COCCc1c(CCl)nnn1C(C)C. The van der Waals surface area contributed by atoms with Gasteiger partial charge in [-0.15, -0.1) is 16.7 Å². The quantitative estimate of drug-likeness (QED) is 0.706. The summed E-state index contributed by atoms with van der Waals surface area (Å²) in [7, 11) is 1.68. The zero-order valence-corrected chi connectivity index (χ0v) is 9.58. The van der Waals surface area contributed by atoms with E-state index in [0.717, 1.165) is 17.8 Å². The predicted octanol–water partition coefficient (Wildman–Crippen LogP) is 1.79. The summed E-state index contributed by atoms with van der Waals surface area (Å²) in [6, 6.07) is 0.311. The summed E-state index contributed by atoms with van der Waals surface area (Å²) in [6.07, 6.45) is 0.809. The van der Waals surface area contributed by atoms with Gasteiger partial charge in [0, 0.05) is 19.6 Å². The fourth-order valence-corrected chi connectivity index (χ4v) is 1.53. The Morgan fingerprint density at radius 1 is 1.50 bits per heavy atom. The zero-order valence-electron chi connectivity index (χ0n) is 8.83. The third-order valence-electron chi connectivity index (χ3n) is 2.03. The van der Waals surface area contributed by atoms with Crippen LogP contribution in [0, 0.1) is 0 Å². The minimum atomic E-state index is 0.311. The van der Waals surface area contributed by atoms with Crippen molar-refractivity contribution in [2.24, 2.45) is 0 Å². The number of ether oxygens (including phenoxy) is 1. The maximum atomic E-state index is 5.77. The van der Waals surface area contributed by atoms with Gasteiger partial charge in [0.1, 0.15) is 5.69 Å². The van der Waals surface area contributed by atoms with Crippen LogP contribution >= 0.6 is 11.6 Å². The summed E-state index contributed by atoms with van der Waals surface area (Å²) >= 11 is 5.77. The molecule has 0 fully saturated rings. The molecule has 1 rings (SSSR count). The molecular formula is C9H16ClN3O. The van der Waals surface area contributed by atoms with Gasteiger partial charge >= 0.3 is 0 Å². The summed E-state index contributed by atoms with van der Waals surface area (Å²) in [4.78, 5) is 0. The number of aromatic nitrogens is 3. The molecule has 80 valence electrons. The molecule has 1 aromatic rings. The first-order chi connectivity index (χ1) is 6.70. The van der Waals surface area contributed by atoms with Gasteiger partial charge in [-0.25, -0.2) is 4.68 Å². The van der Waals surface area contributed by atoms with Crippen LogP contribution in [0.15, 0.2) is 0 Å². The van der Waals surface area contributed by atoms with Crippen molar-refractivity contribution in [2.45, 2.75) is 32.2 Å². The van der Waals surface area contributed by atoms with Gasteiger partial charge in [-0.2, -0.15) is 0 Å². The third-order valence-corrected chi connectivity index (χ3v) is 2.28. The fraction of sp³-hybridized carbons (Fsp3) is 0.778. The molecule has 0 saturated heterocycles. The lowest BCUT2D eigenvalue weighted by atomic mass is 10.2. The number of alkyl halides is 1. The number of hydrogen-bond donors (Lipinski definition) is 0. The topological polar surface area (TPSA) is 39.9 Å². The predicted molar refractivity (Wildman–Crippen MR) is 55.5 cm³/mol. The summed E-state index contributed by atoms with van der Waals surface area (Å²) < 4.78 is 6.94. The van der Waals surface area contributed by atoms with E-state index < -0.39 is 0 Å². The van der Waals surface area contributed by atoms with E-state index >= 15 is 0 Å². The van der Waals surface area contributed by atoms with Crippen LogP contribution in [0.5, 0.6) is 0 Å². The van der Waals surface area contributed by atoms with E-state index in [0.29, 0.717) is 18.5 Å². The van der Waals surface area contributed by atoms with Crippen LogP contribution in [0.25, 0.3) is 0 Å². The molecule has 0 amide bonds. The van der Waals surface area contributed by atoms with Crippen LogP contribution < -0.4 is 0 Å². The minimum Gasteiger partial charge on any atom is -0.384 e. The molecule has 14 heavy (non-hydrogen) atoms. The Bertz CT molecular complexity index is 286. The second-order valence-corrected chi connectivity index (χ2v) is 3.66. The maximum absolute atomic E-state index is 5.77.